The van der Waals surface area contributed by atoms with Gasteiger partial charge in [-0.15, -0.1) is 0 Å². The van der Waals surface area contributed by atoms with Gasteiger partial charge in [0.1, 0.15) is 5.75 Å². The van der Waals surface area contributed by atoms with Gasteiger partial charge in [-0.05, 0) is 92.0 Å². The van der Waals surface area contributed by atoms with Gasteiger partial charge < -0.3 is 14.5 Å². The lowest BCUT2D eigenvalue weighted by molar-refractivity contribution is -0.131. The number of ether oxygens (including phenoxy) is 1. The Morgan fingerprint density at radius 1 is 1.11 bits per heavy atom. The topological polar surface area (TPSA) is 45.1 Å². The highest BCUT2D eigenvalue weighted by atomic mass is 32.1. The van der Waals surface area contributed by atoms with Gasteiger partial charge >= 0.3 is 0 Å². The van der Waals surface area contributed by atoms with Gasteiger partial charge in [0.25, 0.3) is 0 Å². The molecule has 0 aromatic heterocycles. The minimum Gasteiger partial charge on any atom is -0.497 e. The fourth-order valence-electron chi connectivity index (χ4n) is 4.59. The van der Waals surface area contributed by atoms with Crippen molar-refractivity contribution in [2.45, 2.75) is 51.6 Å². The van der Waals surface area contributed by atoms with E-state index >= 15 is 0 Å². The van der Waals surface area contributed by atoms with Crippen molar-refractivity contribution in [1.82, 2.24) is 4.90 Å². The first-order valence-electron chi connectivity index (χ1n) is 12.5. The van der Waals surface area contributed by atoms with Gasteiger partial charge in [0.05, 0.1) is 31.3 Å². The molecule has 0 saturated carbocycles. The number of thiol groups is 1. The maximum atomic E-state index is 14.2. The molecule has 1 amide bonds. The number of amides is 1. The van der Waals surface area contributed by atoms with Crippen LogP contribution in [0.15, 0.2) is 70.9 Å². The van der Waals surface area contributed by atoms with Crippen LogP contribution in [0, 0.1) is 0 Å². The van der Waals surface area contributed by atoms with Crippen molar-refractivity contribution in [3.8, 4) is 5.75 Å². The predicted molar refractivity (Wildman–Crippen MR) is 155 cm³/mol. The third-order valence-corrected chi connectivity index (χ3v) is 6.94. The lowest BCUT2D eigenvalue weighted by atomic mass is 9.81. The van der Waals surface area contributed by atoms with E-state index in [2.05, 4.69) is 67.8 Å². The summed E-state index contributed by atoms with van der Waals surface area (Å²) in [5.74, 6) is 0.719. The maximum absolute atomic E-state index is 14.2. The Morgan fingerprint density at radius 3 is 2.50 bits per heavy atom. The summed E-state index contributed by atoms with van der Waals surface area (Å²) >= 11 is 3.53. The SMILES string of the molecule is COc1ccc2c(c1)C(C(=O)N(Cc1ccc(N(C)C)cc1)C1=CC=C(C)C(C)N=C1)CCC2.CS. The zero-order valence-corrected chi connectivity index (χ0v) is 23.3. The number of carbonyl (C=O) groups is 1. The number of methoxy groups -OCH3 is 1. The average molecular weight is 506 g/mol. The summed E-state index contributed by atoms with van der Waals surface area (Å²) in [4.78, 5) is 22.9. The zero-order valence-electron chi connectivity index (χ0n) is 22.4. The van der Waals surface area contributed by atoms with Crippen LogP contribution in [0.5, 0.6) is 5.75 Å². The average Bonchev–Trinajstić information content (AvgIpc) is 3.08. The van der Waals surface area contributed by atoms with E-state index in [0.717, 1.165) is 47.5 Å². The molecule has 0 radical (unpaired) electrons. The van der Waals surface area contributed by atoms with Crippen LogP contribution in [0.4, 0.5) is 5.69 Å². The van der Waals surface area contributed by atoms with Crippen LogP contribution in [-0.4, -0.2) is 50.5 Å². The first-order chi connectivity index (χ1) is 17.4. The van der Waals surface area contributed by atoms with Gasteiger partial charge in [-0.3, -0.25) is 9.79 Å². The number of rotatable bonds is 6. The second-order valence-corrected chi connectivity index (χ2v) is 9.45. The van der Waals surface area contributed by atoms with E-state index < -0.39 is 0 Å². The largest absolute Gasteiger partial charge is 0.497 e. The van der Waals surface area contributed by atoms with Crippen molar-refractivity contribution in [1.29, 1.82) is 0 Å². The molecule has 4 rings (SSSR count). The summed E-state index contributed by atoms with van der Waals surface area (Å²) < 4.78 is 5.48. The number of aryl methyl sites for hydroxylation is 1. The normalized spacial score (nSPS) is 18.5. The Morgan fingerprint density at radius 2 is 1.83 bits per heavy atom. The first kappa shape index (κ1) is 27.6. The molecule has 0 bridgehead atoms. The summed E-state index contributed by atoms with van der Waals surface area (Å²) in [5, 5.41) is 0. The van der Waals surface area contributed by atoms with Crippen molar-refractivity contribution in [2.75, 3.05) is 32.4 Å². The van der Waals surface area contributed by atoms with E-state index in [-0.39, 0.29) is 17.9 Å². The van der Waals surface area contributed by atoms with Gasteiger partial charge in [-0.25, -0.2) is 0 Å². The minimum absolute atomic E-state index is 0.102. The Bertz CT molecular complexity index is 1140. The Kier molecular flexibility index (Phi) is 9.82. The lowest BCUT2D eigenvalue weighted by Gasteiger charge is -2.31. The van der Waals surface area contributed by atoms with Crippen LogP contribution in [0.1, 0.15) is 49.3 Å². The molecular weight excluding hydrogens is 466 g/mol. The van der Waals surface area contributed by atoms with Gasteiger partial charge in [0.15, 0.2) is 0 Å². The highest BCUT2D eigenvalue weighted by molar-refractivity contribution is 7.79. The van der Waals surface area contributed by atoms with Crippen LogP contribution in [0.3, 0.4) is 0 Å². The summed E-state index contributed by atoms with van der Waals surface area (Å²) in [6.45, 7) is 4.66. The monoisotopic (exact) mass is 505 g/mol. The van der Waals surface area contributed by atoms with Crippen LogP contribution in [0.25, 0.3) is 0 Å². The highest BCUT2D eigenvalue weighted by Gasteiger charge is 2.32. The molecule has 2 aliphatic rings. The molecule has 2 unspecified atom stereocenters. The number of allylic oxidation sites excluding steroid dienone is 3. The van der Waals surface area contributed by atoms with E-state index in [4.69, 9.17) is 9.73 Å². The predicted octanol–water partition coefficient (Wildman–Crippen LogP) is 6.06. The maximum Gasteiger partial charge on any atom is 0.234 e. The molecule has 0 fully saturated rings. The molecule has 5 nitrogen and oxygen atoms in total. The third kappa shape index (κ3) is 6.41. The molecule has 1 aliphatic carbocycles. The van der Waals surface area contributed by atoms with Gasteiger partial charge in [-0.1, -0.05) is 24.3 Å². The fourth-order valence-corrected chi connectivity index (χ4v) is 4.59. The fraction of sp³-hybridized carbons (Fsp3) is 0.400. The molecule has 2 aromatic carbocycles. The lowest BCUT2D eigenvalue weighted by Crippen LogP contribution is -2.36. The molecule has 1 heterocycles. The van der Waals surface area contributed by atoms with Crippen molar-refractivity contribution in [2.24, 2.45) is 4.99 Å². The zero-order chi connectivity index (χ0) is 26.2. The number of nitrogens with zero attached hydrogens (tertiary/aromatic N) is 3. The number of fused-ring (bicyclic) bond motifs is 1. The summed E-state index contributed by atoms with van der Waals surface area (Å²) in [7, 11) is 5.73. The molecule has 0 spiro atoms. The Balaban J connectivity index is 0.00000176. The number of carbonyl (C=O) groups excluding carboxylic acids is 1. The van der Waals surface area contributed by atoms with E-state index in [1.165, 1.54) is 11.1 Å². The van der Waals surface area contributed by atoms with Gasteiger partial charge in [-0.2, -0.15) is 12.6 Å². The second-order valence-electron chi connectivity index (χ2n) is 9.45. The van der Waals surface area contributed by atoms with Crippen LogP contribution < -0.4 is 9.64 Å². The van der Waals surface area contributed by atoms with Crippen LogP contribution >= 0.6 is 12.6 Å². The van der Waals surface area contributed by atoms with Gasteiger partial charge in [0.2, 0.25) is 5.91 Å². The number of hydrogen-bond donors (Lipinski definition) is 1. The van der Waals surface area contributed by atoms with Crippen molar-refractivity contribution in [3.05, 3.63) is 82.6 Å². The number of benzene rings is 2. The van der Waals surface area contributed by atoms with E-state index in [9.17, 15) is 4.79 Å². The van der Waals surface area contributed by atoms with E-state index in [1.807, 2.05) is 43.4 Å². The smallest absolute Gasteiger partial charge is 0.234 e. The van der Waals surface area contributed by atoms with Crippen molar-refractivity contribution in [3.63, 3.8) is 0 Å². The Labute approximate surface area is 222 Å². The quantitative estimate of drug-likeness (QED) is 0.486. The molecule has 6 heteroatoms. The summed E-state index contributed by atoms with van der Waals surface area (Å²) in [5.41, 5.74) is 6.58. The highest BCUT2D eigenvalue weighted by Crippen LogP contribution is 2.36. The Hall–Kier alpha value is -2.99. The summed E-state index contributed by atoms with van der Waals surface area (Å²) in [6.07, 6.45) is 10.5. The van der Waals surface area contributed by atoms with Gasteiger partial charge in [0, 0.05) is 26.0 Å². The number of aliphatic imine (C=N–C) groups is 1. The molecule has 2 aromatic rings. The van der Waals surface area contributed by atoms with Crippen molar-refractivity contribution >= 4 is 30.4 Å². The summed E-state index contributed by atoms with van der Waals surface area (Å²) in [6, 6.07) is 14.6. The molecular formula is C30H39N3O2S. The molecule has 0 saturated heterocycles. The second kappa shape index (κ2) is 12.8. The minimum atomic E-state index is -0.194. The van der Waals surface area contributed by atoms with Crippen molar-refractivity contribution < 1.29 is 9.53 Å². The number of hydrogen-bond acceptors (Lipinski definition) is 5. The van der Waals surface area contributed by atoms with Crippen LogP contribution in [-0.2, 0) is 17.8 Å². The third-order valence-electron chi connectivity index (χ3n) is 6.94. The standard InChI is InChI=1S/C29H35N3O2.CH4S/c1-20-9-13-25(18-30-21(20)2)32(19-22-10-14-24(15-11-22)31(3)4)29(33)27-8-6-7-23-12-16-26(34-5)17-28(23)27;1-2/h9-18,21,27H,6-8,19H2,1-5H3;2H,1H3. The molecule has 2 atom stereocenters. The van der Waals surface area contributed by atoms with E-state index in [0.29, 0.717) is 6.54 Å². The first-order valence-corrected chi connectivity index (χ1v) is 13.4. The molecule has 0 N–H and O–H groups in total. The number of anilines is 1. The molecule has 1 aliphatic heterocycles. The molecule has 192 valence electrons. The molecule has 36 heavy (non-hydrogen) atoms. The van der Waals surface area contributed by atoms with E-state index in [1.54, 1.807) is 13.4 Å². The van der Waals surface area contributed by atoms with Crippen LogP contribution in [0.2, 0.25) is 0 Å².